The molecule has 0 aliphatic carbocycles. The molecule has 192 valence electrons. The van der Waals surface area contributed by atoms with Gasteiger partial charge in [-0.15, -0.1) is 23.8 Å². The number of rotatable bonds is 3. The Balaban J connectivity index is 0.00000289. The summed E-state index contributed by atoms with van der Waals surface area (Å²) in [6.45, 7) is 0. The number of aromatic hydroxyl groups is 1. The van der Waals surface area contributed by atoms with Crippen LogP contribution in [-0.4, -0.2) is 22.1 Å². The number of hydrogen-bond donors (Lipinski definition) is 1. The molecule has 2 aromatic heterocycles. The summed E-state index contributed by atoms with van der Waals surface area (Å²) in [6.07, 6.45) is 1.90. The molecule has 0 saturated carbocycles. The summed E-state index contributed by atoms with van der Waals surface area (Å²) in [5, 5.41) is 11.0. The second-order valence-electron chi connectivity index (χ2n) is 9.22. The van der Waals surface area contributed by atoms with Gasteiger partial charge in [0.15, 0.2) is 0 Å². The minimum absolute atomic E-state index is 0. The van der Waals surface area contributed by atoms with E-state index in [1.54, 1.807) is 6.07 Å². The first-order valence-electron chi connectivity index (χ1n) is 12.9. The van der Waals surface area contributed by atoms with Gasteiger partial charge >= 0.3 is 0 Å². The molecule has 0 amide bonds. The molecule has 5 nitrogen and oxygen atoms in total. The average Bonchev–Trinajstić information content (AvgIpc) is 2.99. The Morgan fingerprint density at radius 2 is 1.56 bits per heavy atom. The van der Waals surface area contributed by atoms with Gasteiger partial charge in [0.05, 0.1) is 12.7 Å². The van der Waals surface area contributed by atoms with E-state index < -0.39 is 0 Å². The summed E-state index contributed by atoms with van der Waals surface area (Å²) in [4.78, 5) is 13.9. The van der Waals surface area contributed by atoms with Crippen molar-refractivity contribution in [1.82, 2.24) is 9.97 Å². The second kappa shape index (κ2) is 10.0. The van der Waals surface area contributed by atoms with E-state index in [0.29, 0.717) is 22.6 Å². The first kappa shape index (κ1) is 23.6. The summed E-state index contributed by atoms with van der Waals surface area (Å²) >= 11 is 0. The first-order chi connectivity index (χ1) is 19.1. The van der Waals surface area contributed by atoms with Gasteiger partial charge < -0.3 is 14.9 Å². The number of phenols is 1. The number of para-hydroxylation sites is 3. The van der Waals surface area contributed by atoms with Gasteiger partial charge in [0, 0.05) is 45.3 Å². The van der Waals surface area contributed by atoms with Crippen LogP contribution >= 0.6 is 0 Å². The average molecular weight is 688 g/mol. The monoisotopic (exact) mass is 687 g/mol. The van der Waals surface area contributed by atoms with Gasteiger partial charge in [-0.05, 0) is 53.0 Å². The molecule has 4 aromatic carbocycles. The molecule has 7 rings (SSSR count). The van der Waals surface area contributed by atoms with Crippen LogP contribution in [0, 0.1) is 6.07 Å². The zero-order valence-electron chi connectivity index (χ0n) is 21.9. The van der Waals surface area contributed by atoms with Crippen molar-refractivity contribution < 1.29 is 27.5 Å². The number of pyridine rings is 2. The third-order valence-corrected chi connectivity index (χ3v) is 6.95. The van der Waals surface area contributed by atoms with Crippen LogP contribution in [0.5, 0.6) is 5.75 Å². The van der Waals surface area contributed by atoms with E-state index >= 15 is 0 Å². The third kappa shape index (κ3) is 4.25. The summed E-state index contributed by atoms with van der Waals surface area (Å²) < 4.78 is 8.17. The minimum atomic E-state index is 0. The van der Waals surface area contributed by atoms with Gasteiger partial charge in [-0.2, -0.15) is 0 Å². The van der Waals surface area contributed by atoms with E-state index in [9.17, 15) is 5.11 Å². The predicted octanol–water partition coefficient (Wildman–Crippen LogP) is 8.02. The number of phenolic OH excluding ortho intramolecular Hbond substituents is 1. The normalized spacial score (nSPS) is 12.4. The number of aromatic nitrogens is 2. The van der Waals surface area contributed by atoms with Crippen LogP contribution in [-0.2, 0) is 21.1 Å². The summed E-state index contributed by atoms with van der Waals surface area (Å²) in [5.74, 6) is 0.839. The molecule has 0 unspecified atom stereocenters. The largest absolute Gasteiger partial charge is 0.506 e. The molecular weight excluding hydrogens is 663 g/mol. The number of fused-ring (bicyclic) bond motifs is 3. The van der Waals surface area contributed by atoms with Crippen LogP contribution in [0.2, 0.25) is 0 Å². The first-order valence-corrected chi connectivity index (χ1v) is 12.4. The standard InChI is InChI=1S/C33H23N4O.Pt/c1-36-27-11-5-6-12-29(27)37(32-19-16-25(21-34-32)22-8-3-2-4-9-22)30-20-24(15-18-28(30)36)26-17-14-23-10-7-13-31(38)33(23)35-26;/h2-19,21,38H,1H3;/q-1;/i10D;. The fraction of sp³-hybridized carbons (Fsp3) is 0.0303. The minimum Gasteiger partial charge on any atom is -0.506 e. The van der Waals surface area contributed by atoms with Gasteiger partial charge in [0.2, 0.25) is 0 Å². The Hall–Kier alpha value is -4.47. The third-order valence-electron chi connectivity index (χ3n) is 6.95. The van der Waals surface area contributed by atoms with Gasteiger partial charge in [0.25, 0.3) is 0 Å². The summed E-state index contributed by atoms with van der Waals surface area (Å²) in [5.41, 5.74) is 7.94. The van der Waals surface area contributed by atoms with Crippen LogP contribution in [0.15, 0.2) is 115 Å². The molecule has 0 bridgehead atoms. The van der Waals surface area contributed by atoms with Gasteiger partial charge in [-0.25, -0.2) is 4.98 Å². The van der Waals surface area contributed by atoms with Crippen LogP contribution in [0.3, 0.4) is 0 Å². The van der Waals surface area contributed by atoms with Crippen molar-refractivity contribution in [2.24, 2.45) is 0 Å². The van der Waals surface area contributed by atoms with Crippen LogP contribution in [0.4, 0.5) is 28.6 Å². The molecule has 1 aliphatic heterocycles. The Labute approximate surface area is 242 Å². The van der Waals surface area contributed by atoms with Gasteiger partial charge in [-0.1, -0.05) is 66.7 Å². The Morgan fingerprint density at radius 1 is 0.769 bits per heavy atom. The molecule has 6 aromatic rings. The van der Waals surface area contributed by atoms with Crippen LogP contribution in [0.25, 0.3) is 33.3 Å². The molecule has 0 saturated heterocycles. The van der Waals surface area contributed by atoms with Crippen molar-refractivity contribution in [2.75, 3.05) is 16.8 Å². The summed E-state index contributed by atoms with van der Waals surface area (Å²) in [6, 6.07) is 37.4. The van der Waals surface area contributed by atoms with Crippen LogP contribution < -0.4 is 9.80 Å². The van der Waals surface area contributed by atoms with Gasteiger partial charge in [-0.3, -0.25) is 4.98 Å². The fourth-order valence-electron chi connectivity index (χ4n) is 5.02. The molecule has 6 heteroatoms. The van der Waals surface area contributed by atoms with E-state index in [2.05, 4.69) is 59.3 Å². The Bertz CT molecular complexity index is 1860. The zero-order chi connectivity index (χ0) is 26.5. The number of benzene rings is 4. The molecule has 0 spiro atoms. The molecule has 3 heterocycles. The maximum absolute atomic E-state index is 10.4. The van der Waals surface area contributed by atoms with Crippen molar-refractivity contribution in [1.29, 1.82) is 0 Å². The van der Waals surface area contributed by atoms with E-state index in [4.69, 9.17) is 11.3 Å². The maximum atomic E-state index is 10.4. The van der Waals surface area contributed by atoms with Crippen molar-refractivity contribution >= 4 is 39.5 Å². The number of hydrogen-bond acceptors (Lipinski definition) is 5. The predicted molar refractivity (Wildman–Crippen MR) is 154 cm³/mol. The van der Waals surface area contributed by atoms with Crippen molar-refractivity contribution in [3.8, 4) is 28.1 Å². The van der Waals surface area contributed by atoms with Crippen LogP contribution in [0.1, 0.15) is 1.37 Å². The molecule has 1 N–H and O–H groups in total. The molecular formula is C33H23N4OPt-. The van der Waals surface area contributed by atoms with E-state index in [1.165, 1.54) is 6.07 Å². The smallest absolute Gasteiger partial charge is 0.140 e. The van der Waals surface area contributed by atoms with Crippen molar-refractivity contribution in [2.45, 2.75) is 0 Å². The van der Waals surface area contributed by atoms with E-state index in [0.717, 1.165) is 45.3 Å². The Kier molecular flexibility index (Phi) is 6.07. The quantitative estimate of drug-likeness (QED) is 0.191. The Morgan fingerprint density at radius 3 is 2.36 bits per heavy atom. The SMILES string of the molecule is [2H]c1ccc(O)c2nc(-c3[c-]c4c(cc3)N(C)c3ccccc3N4c3ccc(-c4ccccc4)cn3)ccc12.[Pt]. The molecule has 0 atom stereocenters. The van der Waals surface area contributed by atoms with Crippen molar-refractivity contribution in [3.05, 3.63) is 121 Å². The molecule has 0 radical (unpaired) electrons. The maximum Gasteiger partial charge on any atom is 0.140 e. The number of nitrogens with zero attached hydrogens (tertiary/aromatic N) is 4. The summed E-state index contributed by atoms with van der Waals surface area (Å²) in [7, 11) is 2.05. The van der Waals surface area contributed by atoms with E-state index in [1.807, 2.05) is 60.8 Å². The van der Waals surface area contributed by atoms with E-state index in [-0.39, 0.29) is 26.8 Å². The topological polar surface area (TPSA) is 52.5 Å². The van der Waals surface area contributed by atoms with Gasteiger partial charge in [0.1, 0.15) is 17.1 Å². The molecule has 1 aliphatic rings. The molecule has 0 fully saturated rings. The number of anilines is 5. The molecule has 39 heavy (non-hydrogen) atoms. The second-order valence-corrected chi connectivity index (χ2v) is 9.22. The zero-order valence-corrected chi connectivity index (χ0v) is 23.2. The van der Waals surface area contributed by atoms with Crippen molar-refractivity contribution in [3.63, 3.8) is 0 Å². The fourth-order valence-corrected chi connectivity index (χ4v) is 5.02.